The predicted octanol–water partition coefficient (Wildman–Crippen LogP) is 3.99. The Morgan fingerprint density at radius 3 is 2.72 bits per heavy atom. The number of aromatic nitrogens is 3. The minimum absolute atomic E-state index is 0.0175. The summed E-state index contributed by atoms with van der Waals surface area (Å²) in [5, 5.41) is 9.90. The second-order valence-electron chi connectivity index (χ2n) is 5.82. The molecule has 2 aromatic carbocycles. The van der Waals surface area contributed by atoms with E-state index < -0.39 is 0 Å². The average molecular weight is 331 g/mol. The third kappa shape index (κ3) is 2.50. The van der Waals surface area contributed by atoms with Crippen LogP contribution >= 0.6 is 0 Å². The van der Waals surface area contributed by atoms with E-state index in [-0.39, 0.29) is 17.1 Å². The fourth-order valence-corrected chi connectivity index (χ4v) is 3.08. The van der Waals surface area contributed by atoms with Crippen LogP contribution in [-0.2, 0) is 6.54 Å². The molecule has 4 rings (SSSR count). The van der Waals surface area contributed by atoms with Crippen molar-refractivity contribution in [3.8, 4) is 17.3 Å². The number of phenols is 1. The lowest BCUT2D eigenvalue weighted by Crippen LogP contribution is -2.00. The number of hydrogen-bond donors (Lipinski definition) is 2. The third-order valence-electron chi connectivity index (χ3n) is 4.31. The summed E-state index contributed by atoms with van der Waals surface area (Å²) in [6, 6.07) is 16.3. The molecule has 2 N–H and O–H groups in total. The Morgan fingerprint density at radius 2 is 1.92 bits per heavy atom. The largest absolute Gasteiger partial charge is 0.507 e. The number of benzene rings is 2. The molecular weight excluding hydrogens is 314 g/mol. The van der Waals surface area contributed by atoms with Crippen LogP contribution in [0.15, 0.2) is 60.8 Å². The number of para-hydroxylation sites is 3. The maximum Gasteiger partial charge on any atom is 0.198 e. The topological polar surface area (TPSA) is 70.9 Å². The SMILES string of the molecule is CCn1c(-c2cc(C(=O)c3ccccc3O)c[nH]2)nc2ccccc21. The van der Waals surface area contributed by atoms with Gasteiger partial charge in [-0.05, 0) is 37.3 Å². The Morgan fingerprint density at radius 1 is 1.16 bits per heavy atom. The standard InChI is InChI=1S/C20H17N3O2/c1-2-23-17-9-5-4-8-15(17)22-20(23)16-11-13(12-21-16)19(25)14-7-3-6-10-18(14)24/h3-12,21,24H,2H2,1H3. The van der Waals surface area contributed by atoms with E-state index in [2.05, 4.69) is 21.5 Å². The minimum atomic E-state index is -0.222. The molecule has 124 valence electrons. The third-order valence-corrected chi connectivity index (χ3v) is 4.31. The lowest BCUT2D eigenvalue weighted by molar-refractivity contribution is 0.103. The number of carbonyl (C=O) groups excluding carboxylic acids is 1. The van der Waals surface area contributed by atoms with Gasteiger partial charge in [-0.3, -0.25) is 4.79 Å². The van der Waals surface area contributed by atoms with Gasteiger partial charge < -0.3 is 14.7 Å². The van der Waals surface area contributed by atoms with E-state index in [1.807, 2.05) is 24.3 Å². The molecule has 0 fully saturated rings. The van der Waals surface area contributed by atoms with Gasteiger partial charge in [0.1, 0.15) is 5.75 Å². The Kier molecular flexibility index (Phi) is 3.61. The number of H-pyrrole nitrogens is 1. The molecule has 2 heterocycles. The van der Waals surface area contributed by atoms with Crippen LogP contribution in [0.4, 0.5) is 0 Å². The van der Waals surface area contributed by atoms with Crippen molar-refractivity contribution in [1.29, 1.82) is 0 Å². The van der Waals surface area contributed by atoms with E-state index in [4.69, 9.17) is 0 Å². The van der Waals surface area contributed by atoms with Crippen LogP contribution in [-0.4, -0.2) is 25.4 Å². The first-order valence-corrected chi connectivity index (χ1v) is 8.15. The van der Waals surface area contributed by atoms with Gasteiger partial charge in [-0.2, -0.15) is 0 Å². The van der Waals surface area contributed by atoms with Crippen LogP contribution in [0, 0.1) is 0 Å². The first kappa shape index (κ1) is 15.2. The number of nitrogens with zero attached hydrogens (tertiary/aromatic N) is 2. The fourth-order valence-electron chi connectivity index (χ4n) is 3.08. The normalized spacial score (nSPS) is 11.1. The number of aromatic hydroxyl groups is 1. The van der Waals surface area contributed by atoms with Gasteiger partial charge in [0.15, 0.2) is 11.6 Å². The highest BCUT2D eigenvalue weighted by Crippen LogP contribution is 2.26. The van der Waals surface area contributed by atoms with Crippen molar-refractivity contribution < 1.29 is 9.90 Å². The van der Waals surface area contributed by atoms with Gasteiger partial charge in [-0.15, -0.1) is 0 Å². The number of fused-ring (bicyclic) bond motifs is 1. The van der Waals surface area contributed by atoms with Gasteiger partial charge in [0.25, 0.3) is 0 Å². The molecule has 0 saturated carbocycles. The fraction of sp³-hybridized carbons (Fsp3) is 0.100. The van der Waals surface area contributed by atoms with Crippen LogP contribution in [0.25, 0.3) is 22.6 Å². The lowest BCUT2D eigenvalue weighted by Gasteiger charge is -2.04. The van der Waals surface area contributed by atoms with Crippen molar-refractivity contribution in [2.45, 2.75) is 13.5 Å². The number of aromatic amines is 1. The van der Waals surface area contributed by atoms with Crippen LogP contribution < -0.4 is 0 Å². The Balaban J connectivity index is 1.77. The van der Waals surface area contributed by atoms with E-state index in [1.54, 1.807) is 30.5 Å². The number of rotatable bonds is 4. The summed E-state index contributed by atoms with van der Waals surface area (Å²) < 4.78 is 2.11. The first-order valence-electron chi connectivity index (χ1n) is 8.15. The summed E-state index contributed by atoms with van der Waals surface area (Å²) in [6.45, 7) is 2.84. The molecule has 0 bridgehead atoms. The quantitative estimate of drug-likeness (QED) is 0.556. The zero-order valence-electron chi connectivity index (χ0n) is 13.7. The van der Waals surface area contributed by atoms with Crippen LogP contribution in [0.3, 0.4) is 0 Å². The molecule has 5 nitrogen and oxygen atoms in total. The summed E-state index contributed by atoms with van der Waals surface area (Å²) in [7, 11) is 0. The molecule has 0 unspecified atom stereocenters. The maximum absolute atomic E-state index is 12.6. The van der Waals surface area contributed by atoms with Crippen molar-refractivity contribution in [2.75, 3.05) is 0 Å². The molecule has 0 amide bonds. The van der Waals surface area contributed by atoms with Gasteiger partial charge >= 0.3 is 0 Å². The van der Waals surface area contributed by atoms with Crippen molar-refractivity contribution in [1.82, 2.24) is 14.5 Å². The number of phenolic OH excluding ortho intramolecular Hbond substituents is 1. The summed E-state index contributed by atoms with van der Waals surface area (Å²) in [5.74, 6) is 0.552. The van der Waals surface area contributed by atoms with E-state index in [9.17, 15) is 9.90 Å². The molecule has 25 heavy (non-hydrogen) atoms. The highest BCUT2D eigenvalue weighted by atomic mass is 16.3. The molecular formula is C20H17N3O2. The molecule has 0 aliphatic heterocycles. The monoisotopic (exact) mass is 331 g/mol. The molecule has 0 radical (unpaired) electrons. The lowest BCUT2D eigenvalue weighted by atomic mass is 10.0. The van der Waals surface area contributed by atoms with Crippen molar-refractivity contribution in [2.24, 2.45) is 0 Å². The zero-order valence-corrected chi connectivity index (χ0v) is 13.7. The number of imidazole rings is 1. The molecule has 4 aromatic rings. The van der Waals surface area contributed by atoms with E-state index >= 15 is 0 Å². The zero-order chi connectivity index (χ0) is 17.4. The van der Waals surface area contributed by atoms with E-state index in [0.29, 0.717) is 5.56 Å². The predicted molar refractivity (Wildman–Crippen MR) is 96.7 cm³/mol. The Labute approximate surface area is 144 Å². The van der Waals surface area contributed by atoms with Crippen LogP contribution in [0.5, 0.6) is 5.75 Å². The van der Waals surface area contributed by atoms with Crippen LogP contribution in [0.2, 0.25) is 0 Å². The molecule has 0 spiro atoms. The van der Waals surface area contributed by atoms with Crippen molar-refractivity contribution in [3.05, 3.63) is 71.9 Å². The maximum atomic E-state index is 12.6. The van der Waals surface area contributed by atoms with Gasteiger partial charge in [0, 0.05) is 18.3 Å². The van der Waals surface area contributed by atoms with E-state index in [0.717, 1.165) is 29.1 Å². The average Bonchev–Trinajstić information content (AvgIpc) is 3.26. The second kappa shape index (κ2) is 5.94. The summed E-state index contributed by atoms with van der Waals surface area (Å²) in [4.78, 5) is 20.5. The Bertz CT molecular complexity index is 1080. The van der Waals surface area contributed by atoms with Gasteiger partial charge in [0.05, 0.1) is 22.3 Å². The van der Waals surface area contributed by atoms with Crippen LogP contribution in [0.1, 0.15) is 22.8 Å². The highest BCUT2D eigenvalue weighted by molar-refractivity contribution is 6.11. The number of nitrogens with one attached hydrogen (secondary N) is 1. The summed E-state index contributed by atoms with van der Waals surface area (Å²) in [5.41, 5.74) is 3.53. The smallest absolute Gasteiger partial charge is 0.198 e. The van der Waals surface area contributed by atoms with E-state index in [1.165, 1.54) is 6.07 Å². The molecule has 0 aliphatic carbocycles. The number of ketones is 1. The van der Waals surface area contributed by atoms with Gasteiger partial charge in [-0.1, -0.05) is 24.3 Å². The van der Waals surface area contributed by atoms with Gasteiger partial charge in [0.2, 0.25) is 0 Å². The molecule has 0 atom stereocenters. The summed E-state index contributed by atoms with van der Waals surface area (Å²) in [6.07, 6.45) is 1.66. The first-order chi connectivity index (χ1) is 12.2. The number of carbonyl (C=O) groups is 1. The minimum Gasteiger partial charge on any atom is -0.507 e. The number of hydrogen-bond acceptors (Lipinski definition) is 3. The van der Waals surface area contributed by atoms with Crippen molar-refractivity contribution >= 4 is 16.8 Å². The Hall–Kier alpha value is -3.34. The molecule has 5 heteroatoms. The van der Waals surface area contributed by atoms with Gasteiger partial charge in [-0.25, -0.2) is 4.98 Å². The summed E-state index contributed by atoms with van der Waals surface area (Å²) >= 11 is 0. The highest BCUT2D eigenvalue weighted by Gasteiger charge is 2.18. The second-order valence-corrected chi connectivity index (χ2v) is 5.82. The molecule has 0 aliphatic rings. The number of aryl methyl sites for hydroxylation is 1. The molecule has 2 aromatic heterocycles. The molecule has 0 saturated heterocycles. The van der Waals surface area contributed by atoms with Crippen molar-refractivity contribution in [3.63, 3.8) is 0 Å².